The number of hydrogen-bond acceptors (Lipinski definition) is 5. The molecule has 0 fully saturated rings. The van der Waals surface area contributed by atoms with Gasteiger partial charge >= 0.3 is 17.9 Å². The highest BCUT2D eigenvalue weighted by molar-refractivity contribution is 5.91. The minimum Gasteiger partial charge on any atom is -0.478 e. The molecule has 0 radical (unpaired) electrons. The third kappa shape index (κ3) is 9.49. The monoisotopic (exact) mass is 350 g/mol. The molecule has 0 atom stereocenters. The van der Waals surface area contributed by atoms with E-state index in [9.17, 15) is 14.4 Å². The summed E-state index contributed by atoms with van der Waals surface area (Å²) < 4.78 is 0. The van der Waals surface area contributed by atoms with Crippen molar-refractivity contribution >= 4 is 17.9 Å². The molecule has 0 bridgehead atoms. The van der Waals surface area contributed by atoms with Gasteiger partial charge < -0.3 is 25.5 Å². The number of carbonyl (C=O) groups is 3. The summed E-state index contributed by atoms with van der Waals surface area (Å²) in [4.78, 5) is 30.9. The van der Waals surface area contributed by atoms with Crippen molar-refractivity contribution in [3.8, 4) is 0 Å². The summed E-state index contributed by atoms with van der Waals surface area (Å²) in [5, 5.41) is 40.6. The van der Waals surface area contributed by atoms with Crippen molar-refractivity contribution in [2.24, 2.45) is 0 Å². The van der Waals surface area contributed by atoms with Crippen LogP contribution in [0.5, 0.6) is 0 Å². The van der Waals surface area contributed by atoms with Gasteiger partial charge in [-0.25, -0.2) is 14.4 Å². The molecule has 0 aliphatic rings. The fourth-order valence-electron chi connectivity index (χ4n) is 1.34. The van der Waals surface area contributed by atoms with Gasteiger partial charge in [0.1, 0.15) is 0 Å². The smallest absolute Gasteiger partial charge is 0.335 e. The van der Waals surface area contributed by atoms with E-state index in [1.165, 1.54) is 24.3 Å². The van der Waals surface area contributed by atoms with E-state index in [0.29, 0.717) is 5.56 Å². The third-order valence-electron chi connectivity index (χ3n) is 2.50. The molecule has 8 heteroatoms. The summed E-state index contributed by atoms with van der Waals surface area (Å²) in [6, 6.07) is 13.3. The lowest BCUT2D eigenvalue weighted by molar-refractivity contribution is 0.0681. The minimum absolute atomic E-state index is 0.0833. The van der Waals surface area contributed by atoms with Crippen LogP contribution in [0.25, 0.3) is 0 Å². The molecule has 0 saturated heterocycles. The van der Waals surface area contributed by atoms with Gasteiger partial charge in [0, 0.05) is 0 Å². The van der Waals surface area contributed by atoms with Crippen LogP contribution in [-0.2, 0) is 0 Å². The van der Waals surface area contributed by atoms with Crippen molar-refractivity contribution in [2.75, 3.05) is 13.2 Å². The number of hydrogen-bond donors (Lipinski definition) is 5. The molecular formula is C17H18O8. The van der Waals surface area contributed by atoms with Crippen molar-refractivity contribution in [2.45, 2.75) is 0 Å². The maximum Gasteiger partial charge on any atom is 0.335 e. The quantitative estimate of drug-likeness (QED) is 0.555. The van der Waals surface area contributed by atoms with Crippen LogP contribution in [-0.4, -0.2) is 56.7 Å². The second-order valence-electron chi connectivity index (χ2n) is 4.31. The molecule has 5 N–H and O–H groups in total. The lowest BCUT2D eigenvalue weighted by Gasteiger charge is -1.94. The van der Waals surface area contributed by atoms with Crippen molar-refractivity contribution in [3.63, 3.8) is 0 Å². The number of benzene rings is 2. The summed E-state index contributed by atoms with van der Waals surface area (Å²) in [6.45, 7) is -0.250. The fraction of sp³-hybridized carbons (Fsp3) is 0.118. The number of carboxylic acid groups (broad SMARTS) is 3. The van der Waals surface area contributed by atoms with Gasteiger partial charge in [0.15, 0.2) is 0 Å². The van der Waals surface area contributed by atoms with Crippen LogP contribution in [0.1, 0.15) is 31.1 Å². The van der Waals surface area contributed by atoms with Crippen LogP contribution in [0.4, 0.5) is 0 Å². The second-order valence-corrected chi connectivity index (χ2v) is 4.31. The molecule has 0 aliphatic heterocycles. The molecule has 2 aromatic rings. The van der Waals surface area contributed by atoms with E-state index < -0.39 is 17.9 Å². The first-order chi connectivity index (χ1) is 11.8. The summed E-state index contributed by atoms with van der Waals surface area (Å²) in [5.74, 6) is -3.01. The number of aliphatic hydroxyl groups is 2. The van der Waals surface area contributed by atoms with E-state index in [1.807, 2.05) is 0 Å². The average molecular weight is 350 g/mol. The van der Waals surface area contributed by atoms with Gasteiger partial charge in [-0.3, -0.25) is 0 Å². The molecule has 8 nitrogen and oxygen atoms in total. The van der Waals surface area contributed by atoms with Crippen molar-refractivity contribution < 1.29 is 39.9 Å². The van der Waals surface area contributed by atoms with Gasteiger partial charge in [-0.05, 0) is 36.4 Å². The Bertz CT molecular complexity index is 630. The Morgan fingerprint density at radius 2 is 0.840 bits per heavy atom. The Morgan fingerprint density at radius 1 is 0.560 bits per heavy atom. The average Bonchev–Trinajstić information content (AvgIpc) is 2.63. The SMILES string of the molecule is O=C(O)c1ccc(C(=O)O)cc1.O=C(O)c1ccccc1.OCCO. The summed E-state index contributed by atoms with van der Waals surface area (Å²) in [7, 11) is 0. The van der Waals surface area contributed by atoms with Gasteiger partial charge in [-0.2, -0.15) is 0 Å². The van der Waals surface area contributed by atoms with Crippen LogP contribution >= 0.6 is 0 Å². The van der Waals surface area contributed by atoms with Crippen LogP contribution in [0, 0.1) is 0 Å². The van der Waals surface area contributed by atoms with E-state index in [2.05, 4.69) is 0 Å². The predicted octanol–water partition coefficient (Wildman–Crippen LogP) is 1.44. The number of aromatic carboxylic acids is 3. The van der Waals surface area contributed by atoms with E-state index in [0.717, 1.165) is 0 Å². The fourth-order valence-corrected chi connectivity index (χ4v) is 1.34. The lowest BCUT2D eigenvalue weighted by Crippen LogP contribution is -1.99. The van der Waals surface area contributed by atoms with Gasteiger partial charge in [0.2, 0.25) is 0 Å². The standard InChI is InChI=1S/C8H6O4.C7H6O2.C2H6O2/c9-7(10)5-1-2-6(4-3-5)8(11)12;8-7(9)6-4-2-1-3-5-6;3-1-2-4/h1-4H,(H,9,10)(H,11,12);1-5H,(H,8,9);3-4H,1-2H2. The minimum atomic E-state index is -1.06. The van der Waals surface area contributed by atoms with E-state index >= 15 is 0 Å². The first-order valence-corrected chi connectivity index (χ1v) is 6.90. The molecule has 0 unspecified atom stereocenters. The Balaban J connectivity index is 0.000000391. The summed E-state index contributed by atoms with van der Waals surface area (Å²) >= 11 is 0. The summed E-state index contributed by atoms with van der Waals surface area (Å²) in [5.41, 5.74) is 0.498. The number of carboxylic acids is 3. The highest BCUT2D eigenvalue weighted by Crippen LogP contribution is 2.03. The Hall–Kier alpha value is -3.23. The first-order valence-electron chi connectivity index (χ1n) is 6.90. The third-order valence-corrected chi connectivity index (χ3v) is 2.50. The lowest BCUT2D eigenvalue weighted by atomic mass is 10.1. The van der Waals surface area contributed by atoms with E-state index in [1.54, 1.807) is 30.3 Å². The molecule has 0 spiro atoms. The first kappa shape index (κ1) is 21.8. The molecule has 2 rings (SSSR count). The normalized spacial score (nSPS) is 8.88. The van der Waals surface area contributed by atoms with Crippen molar-refractivity contribution in [1.29, 1.82) is 0 Å². The molecule has 25 heavy (non-hydrogen) atoms. The highest BCUT2D eigenvalue weighted by Gasteiger charge is 2.04. The molecule has 0 heterocycles. The van der Waals surface area contributed by atoms with E-state index in [-0.39, 0.29) is 24.3 Å². The maximum absolute atomic E-state index is 10.3. The van der Waals surface area contributed by atoms with Crippen LogP contribution in [0.15, 0.2) is 54.6 Å². The molecule has 2 aromatic carbocycles. The molecule has 134 valence electrons. The largest absolute Gasteiger partial charge is 0.478 e. The predicted molar refractivity (Wildman–Crippen MR) is 87.9 cm³/mol. The maximum atomic E-state index is 10.3. The van der Waals surface area contributed by atoms with Gasteiger partial charge in [0.25, 0.3) is 0 Å². The molecular weight excluding hydrogens is 332 g/mol. The number of aliphatic hydroxyl groups excluding tert-OH is 2. The van der Waals surface area contributed by atoms with Crippen molar-refractivity contribution in [1.82, 2.24) is 0 Å². The second kappa shape index (κ2) is 12.2. The zero-order valence-corrected chi connectivity index (χ0v) is 13.1. The molecule has 0 saturated carbocycles. The van der Waals surface area contributed by atoms with Crippen LogP contribution < -0.4 is 0 Å². The van der Waals surface area contributed by atoms with Crippen LogP contribution in [0.3, 0.4) is 0 Å². The van der Waals surface area contributed by atoms with Crippen molar-refractivity contribution in [3.05, 3.63) is 71.3 Å². The molecule has 0 aliphatic carbocycles. The van der Waals surface area contributed by atoms with Gasteiger partial charge in [-0.15, -0.1) is 0 Å². The Labute approximate surface area is 143 Å². The Morgan fingerprint density at radius 3 is 1.04 bits per heavy atom. The zero-order valence-electron chi connectivity index (χ0n) is 13.1. The van der Waals surface area contributed by atoms with Gasteiger partial charge in [-0.1, -0.05) is 18.2 Å². The Kier molecular flexibility index (Phi) is 10.6. The molecule has 0 amide bonds. The number of rotatable bonds is 4. The topological polar surface area (TPSA) is 152 Å². The zero-order chi connectivity index (χ0) is 19.2. The molecule has 0 aromatic heterocycles. The highest BCUT2D eigenvalue weighted by atomic mass is 16.4. The summed E-state index contributed by atoms with van der Waals surface area (Å²) in [6.07, 6.45) is 0. The van der Waals surface area contributed by atoms with E-state index in [4.69, 9.17) is 25.5 Å². The van der Waals surface area contributed by atoms with Gasteiger partial charge in [0.05, 0.1) is 29.9 Å². The van der Waals surface area contributed by atoms with Crippen LogP contribution in [0.2, 0.25) is 0 Å².